The van der Waals surface area contributed by atoms with E-state index in [4.69, 9.17) is 0 Å². The van der Waals surface area contributed by atoms with Crippen LogP contribution in [0.15, 0.2) is 71.3 Å². The largest absolute Gasteiger partial charge is 0.354 e. The molecular formula is C24H23N5O3S. The zero-order valence-electron chi connectivity index (χ0n) is 18.1. The van der Waals surface area contributed by atoms with Gasteiger partial charge in [0, 0.05) is 37.5 Å². The van der Waals surface area contributed by atoms with Crippen LogP contribution in [0.25, 0.3) is 23.0 Å². The Morgan fingerprint density at radius 2 is 1.85 bits per heavy atom. The quantitative estimate of drug-likeness (QED) is 0.448. The lowest BCUT2D eigenvalue weighted by molar-refractivity contribution is -0.116. The number of nitriles is 1. The molecule has 1 saturated heterocycles. The molecule has 8 nitrogen and oxygen atoms in total. The summed E-state index contributed by atoms with van der Waals surface area (Å²) in [6.45, 7) is 1.03. The van der Waals surface area contributed by atoms with Crippen molar-refractivity contribution in [2.75, 3.05) is 20.1 Å². The van der Waals surface area contributed by atoms with Crippen molar-refractivity contribution < 1.29 is 13.2 Å². The average molecular weight is 462 g/mol. The molecule has 0 unspecified atom stereocenters. The number of hydrogen-bond acceptors (Lipinski definition) is 5. The van der Waals surface area contributed by atoms with Crippen molar-refractivity contribution in [2.24, 2.45) is 0 Å². The van der Waals surface area contributed by atoms with Crippen LogP contribution in [-0.2, 0) is 14.8 Å². The van der Waals surface area contributed by atoms with Crippen LogP contribution < -0.4 is 5.32 Å². The number of carbonyl (C=O) groups is 1. The van der Waals surface area contributed by atoms with E-state index in [1.165, 1.54) is 17.4 Å². The summed E-state index contributed by atoms with van der Waals surface area (Å²) >= 11 is 0. The summed E-state index contributed by atoms with van der Waals surface area (Å²) in [5.74, 6) is -0.513. The summed E-state index contributed by atoms with van der Waals surface area (Å²) in [6, 6.07) is 17.9. The number of aromatic nitrogens is 2. The molecule has 3 aromatic rings. The van der Waals surface area contributed by atoms with E-state index in [1.807, 2.05) is 36.4 Å². The molecule has 0 saturated carbocycles. The maximum atomic E-state index is 13.1. The van der Waals surface area contributed by atoms with Gasteiger partial charge in [0.05, 0.1) is 10.6 Å². The van der Waals surface area contributed by atoms with E-state index < -0.39 is 15.9 Å². The van der Waals surface area contributed by atoms with Gasteiger partial charge in [0.1, 0.15) is 17.3 Å². The molecule has 1 fully saturated rings. The zero-order valence-corrected chi connectivity index (χ0v) is 18.9. The van der Waals surface area contributed by atoms with Gasteiger partial charge in [0.2, 0.25) is 10.0 Å². The molecule has 1 aliphatic rings. The lowest BCUT2D eigenvalue weighted by Crippen LogP contribution is -2.27. The molecule has 9 heteroatoms. The third-order valence-electron chi connectivity index (χ3n) is 5.47. The molecule has 1 aromatic heterocycles. The number of carbonyl (C=O) groups excluding carboxylic acids is 1. The maximum Gasteiger partial charge on any atom is 0.261 e. The SMILES string of the molecule is CNC(=O)/C(C#N)=C\c1cn(-c2ccccc2)nc1-c1cccc(S(=O)(=O)N2CCCC2)c1. The Hall–Kier alpha value is -3.74. The first-order valence-electron chi connectivity index (χ1n) is 10.5. The number of nitrogens with zero attached hydrogens (tertiary/aromatic N) is 4. The summed E-state index contributed by atoms with van der Waals surface area (Å²) in [7, 11) is -2.15. The Kier molecular flexibility index (Phi) is 6.40. The van der Waals surface area contributed by atoms with Crippen molar-refractivity contribution in [1.29, 1.82) is 5.26 Å². The average Bonchev–Trinajstić information content (AvgIpc) is 3.54. The van der Waals surface area contributed by atoms with Gasteiger partial charge in [0.15, 0.2) is 0 Å². The molecule has 1 N–H and O–H groups in total. The number of rotatable bonds is 6. The molecule has 33 heavy (non-hydrogen) atoms. The minimum Gasteiger partial charge on any atom is -0.354 e. The monoisotopic (exact) mass is 461 g/mol. The number of amides is 1. The number of benzene rings is 2. The standard InChI is InChI=1S/C24H23N5O3S/c1-26-24(30)19(16-25)14-20-17-29(21-9-3-2-4-10-21)27-23(20)18-8-7-11-22(15-18)33(31,32)28-12-5-6-13-28/h2-4,7-11,14-15,17H,5-6,12-13H2,1H3,(H,26,30)/b19-14-. The van der Waals surface area contributed by atoms with Crippen molar-refractivity contribution in [1.82, 2.24) is 19.4 Å². The van der Waals surface area contributed by atoms with Crippen LogP contribution in [0.1, 0.15) is 18.4 Å². The molecule has 0 atom stereocenters. The van der Waals surface area contributed by atoms with E-state index in [0.29, 0.717) is 29.9 Å². The van der Waals surface area contributed by atoms with Crippen LogP contribution in [-0.4, -0.2) is 48.5 Å². The topological polar surface area (TPSA) is 108 Å². The number of nitrogens with one attached hydrogen (secondary N) is 1. The highest BCUT2D eigenvalue weighted by atomic mass is 32.2. The Morgan fingerprint density at radius 1 is 1.12 bits per heavy atom. The number of para-hydroxylation sites is 1. The summed E-state index contributed by atoms with van der Waals surface area (Å²) < 4.78 is 29.3. The van der Waals surface area contributed by atoms with Crippen LogP contribution in [0.4, 0.5) is 0 Å². The highest BCUT2D eigenvalue weighted by Gasteiger charge is 2.27. The lowest BCUT2D eigenvalue weighted by Gasteiger charge is -2.16. The molecule has 2 heterocycles. The fourth-order valence-electron chi connectivity index (χ4n) is 3.75. The second-order valence-electron chi connectivity index (χ2n) is 7.60. The molecule has 1 amide bonds. The van der Waals surface area contributed by atoms with Crippen molar-refractivity contribution in [3.8, 4) is 23.0 Å². The predicted molar refractivity (Wildman–Crippen MR) is 125 cm³/mol. The Morgan fingerprint density at radius 3 is 2.52 bits per heavy atom. The van der Waals surface area contributed by atoms with E-state index >= 15 is 0 Å². The summed E-state index contributed by atoms with van der Waals surface area (Å²) in [6.07, 6.45) is 4.88. The molecule has 0 spiro atoms. The van der Waals surface area contributed by atoms with Crippen molar-refractivity contribution in [2.45, 2.75) is 17.7 Å². The van der Waals surface area contributed by atoms with E-state index in [9.17, 15) is 18.5 Å². The van der Waals surface area contributed by atoms with Gasteiger partial charge in [-0.05, 0) is 43.2 Å². The minimum atomic E-state index is -3.61. The van der Waals surface area contributed by atoms with Gasteiger partial charge in [-0.25, -0.2) is 13.1 Å². The molecule has 2 aromatic carbocycles. The number of hydrogen-bond donors (Lipinski definition) is 1. The maximum absolute atomic E-state index is 13.1. The van der Waals surface area contributed by atoms with Crippen molar-refractivity contribution in [3.63, 3.8) is 0 Å². The fourth-order valence-corrected chi connectivity index (χ4v) is 5.31. The second kappa shape index (κ2) is 9.40. The summed E-state index contributed by atoms with van der Waals surface area (Å²) in [5, 5.41) is 16.6. The Balaban J connectivity index is 1.85. The normalized spacial score (nSPS) is 14.7. The molecule has 4 rings (SSSR count). The summed E-state index contributed by atoms with van der Waals surface area (Å²) in [5.41, 5.74) is 2.28. The minimum absolute atomic E-state index is 0.0767. The number of likely N-dealkylation sites (N-methyl/N-ethyl adjacent to an activating group) is 1. The van der Waals surface area contributed by atoms with E-state index in [1.54, 1.807) is 35.1 Å². The van der Waals surface area contributed by atoms with Crippen LogP contribution in [0, 0.1) is 11.3 Å². The molecule has 0 bridgehead atoms. The van der Waals surface area contributed by atoms with Crippen molar-refractivity contribution >= 4 is 22.0 Å². The van der Waals surface area contributed by atoms with E-state index in [0.717, 1.165) is 18.5 Å². The van der Waals surface area contributed by atoms with Gasteiger partial charge >= 0.3 is 0 Å². The van der Waals surface area contributed by atoms with Gasteiger partial charge in [-0.3, -0.25) is 4.79 Å². The van der Waals surface area contributed by atoms with E-state index in [-0.39, 0.29) is 10.5 Å². The Bertz CT molecular complexity index is 1350. The first-order chi connectivity index (χ1) is 15.9. The number of sulfonamides is 1. The van der Waals surface area contributed by atoms with Crippen LogP contribution in [0.2, 0.25) is 0 Å². The second-order valence-corrected chi connectivity index (χ2v) is 9.54. The molecule has 168 valence electrons. The van der Waals surface area contributed by atoms with Crippen molar-refractivity contribution in [3.05, 3.63) is 71.9 Å². The molecule has 1 aliphatic heterocycles. The van der Waals surface area contributed by atoms with Crippen LogP contribution >= 0.6 is 0 Å². The smallest absolute Gasteiger partial charge is 0.261 e. The van der Waals surface area contributed by atoms with Crippen LogP contribution in [0.3, 0.4) is 0 Å². The molecular weight excluding hydrogens is 438 g/mol. The molecule has 0 radical (unpaired) electrons. The summed E-state index contributed by atoms with van der Waals surface area (Å²) in [4.78, 5) is 12.3. The lowest BCUT2D eigenvalue weighted by atomic mass is 10.1. The first kappa shape index (κ1) is 22.5. The first-order valence-corrected chi connectivity index (χ1v) is 12.0. The fraction of sp³-hybridized carbons (Fsp3) is 0.208. The van der Waals surface area contributed by atoms with Gasteiger partial charge in [-0.2, -0.15) is 14.7 Å². The highest BCUT2D eigenvalue weighted by molar-refractivity contribution is 7.89. The van der Waals surface area contributed by atoms with Gasteiger partial charge in [0.25, 0.3) is 5.91 Å². The Labute approximate surface area is 192 Å². The van der Waals surface area contributed by atoms with Gasteiger partial charge in [-0.1, -0.05) is 30.3 Å². The predicted octanol–water partition coefficient (Wildman–Crippen LogP) is 2.98. The van der Waals surface area contributed by atoms with Crippen LogP contribution in [0.5, 0.6) is 0 Å². The van der Waals surface area contributed by atoms with Gasteiger partial charge < -0.3 is 5.32 Å². The third-order valence-corrected chi connectivity index (χ3v) is 7.36. The zero-order chi connectivity index (χ0) is 23.4. The highest BCUT2D eigenvalue weighted by Crippen LogP contribution is 2.29. The molecule has 0 aliphatic carbocycles. The van der Waals surface area contributed by atoms with Gasteiger partial charge in [-0.15, -0.1) is 0 Å². The third kappa shape index (κ3) is 4.58. The van der Waals surface area contributed by atoms with E-state index in [2.05, 4.69) is 10.4 Å².